The third-order valence-corrected chi connectivity index (χ3v) is 2.06. The summed E-state index contributed by atoms with van der Waals surface area (Å²) in [5.41, 5.74) is 0.377. The highest BCUT2D eigenvalue weighted by Crippen LogP contribution is 2.21. The van der Waals surface area contributed by atoms with E-state index in [9.17, 15) is 8.78 Å². The van der Waals surface area contributed by atoms with Gasteiger partial charge in [-0.05, 0) is 31.7 Å². The standard InChI is InChI=1S/C10H13F2N/c1-7(13-2)10(12)8-4-3-5-9(11)6-8/h3-7,10,13H,1-2H3. The van der Waals surface area contributed by atoms with E-state index in [1.165, 1.54) is 18.2 Å². The molecule has 1 N–H and O–H groups in total. The first-order valence-corrected chi connectivity index (χ1v) is 4.22. The van der Waals surface area contributed by atoms with Gasteiger partial charge in [0.05, 0.1) is 0 Å². The highest BCUT2D eigenvalue weighted by atomic mass is 19.1. The van der Waals surface area contributed by atoms with Crippen molar-refractivity contribution in [1.82, 2.24) is 5.32 Å². The third-order valence-electron chi connectivity index (χ3n) is 2.06. The maximum Gasteiger partial charge on any atom is 0.140 e. The summed E-state index contributed by atoms with van der Waals surface area (Å²) in [5.74, 6) is -0.400. The van der Waals surface area contributed by atoms with Crippen molar-refractivity contribution in [3.05, 3.63) is 35.6 Å². The summed E-state index contributed by atoms with van der Waals surface area (Å²) < 4.78 is 26.2. The average Bonchev–Trinajstić information content (AvgIpc) is 2.15. The van der Waals surface area contributed by atoms with Gasteiger partial charge in [0.15, 0.2) is 0 Å². The number of nitrogens with one attached hydrogen (secondary N) is 1. The molecule has 2 atom stereocenters. The van der Waals surface area contributed by atoms with Crippen LogP contribution in [0.2, 0.25) is 0 Å². The van der Waals surface area contributed by atoms with Gasteiger partial charge >= 0.3 is 0 Å². The van der Waals surface area contributed by atoms with Crippen LogP contribution in [-0.4, -0.2) is 13.1 Å². The van der Waals surface area contributed by atoms with Crippen LogP contribution in [0.15, 0.2) is 24.3 Å². The third kappa shape index (κ3) is 2.49. The first-order valence-electron chi connectivity index (χ1n) is 4.22. The van der Waals surface area contributed by atoms with Gasteiger partial charge in [-0.25, -0.2) is 8.78 Å². The Labute approximate surface area is 76.8 Å². The van der Waals surface area contributed by atoms with Gasteiger partial charge in [-0.2, -0.15) is 0 Å². The zero-order valence-corrected chi connectivity index (χ0v) is 7.72. The predicted molar refractivity (Wildman–Crippen MR) is 48.8 cm³/mol. The maximum absolute atomic E-state index is 13.5. The van der Waals surface area contributed by atoms with Crippen LogP contribution in [0, 0.1) is 5.82 Å². The summed E-state index contributed by atoms with van der Waals surface area (Å²) in [6.07, 6.45) is -1.17. The van der Waals surface area contributed by atoms with Gasteiger partial charge in [-0.1, -0.05) is 12.1 Å². The zero-order chi connectivity index (χ0) is 9.84. The van der Waals surface area contributed by atoms with Crippen molar-refractivity contribution >= 4 is 0 Å². The molecule has 2 unspecified atom stereocenters. The van der Waals surface area contributed by atoms with E-state index >= 15 is 0 Å². The van der Waals surface area contributed by atoms with Gasteiger partial charge in [-0.3, -0.25) is 0 Å². The van der Waals surface area contributed by atoms with E-state index in [1.54, 1.807) is 20.0 Å². The molecule has 0 aliphatic heterocycles. The minimum absolute atomic E-state index is 0.304. The van der Waals surface area contributed by atoms with E-state index < -0.39 is 12.0 Å². The lowest BCUT2D eigenvalue weighted by Gasteiger charge is -2.15. The predicted octanol–water partition coefficient (Wildman–Crippen LogP) is 2.44. The minimum atomic E-state index is -1.17. The number of hydrogen-bond acceptors (Lipinski definition) is 1. The monoisotopic (exact) mass is 185 g/mol. The summed E-state index contributed by atoms with van der Waals surface area (Å²) >= 11 is 0. The smallest absolute Gasteiger partial charge is 0.140 e. The summed E-state index contributed by atoms with van der Waals surface area (Å²) in [6.45, 7) is 1.72. The molecule has 3 heteroatoms. The second-order valence-electron chi connectivity index (χ2n) is 3.03. The molecule has 0 aromatic heterocycles. The van der Waals surface area contributed by atoms with E-state index in [0.717, 1.165) is 0 Å². The van der Waals surface area contributed by atoms with E-state index in [1.807, 2.05) is 0 Å². The van der Waals surface area contributed by atoms with E-state index in [0.29, 0.717) is 5.56 Å². The molecule has 0 aliphatic carbocycles. The summed E-state index contributed by atoms with van der Waals surface area (Å²) in [6, 6.07) is 5.32. The van der Waals surface area contributed by atoms with Crippen LogP contribution in [0.3, 0.4) is 0 Å². The lowest BCUT2D eigenvalue weighted by molar-refractivity contribution is 0.274. The normalized spacial score (nSPS) is 15.4. The quantitative estimate of drug-likeness (QED) is 0.762. The Hall–Kier alpha value is -0.960. The Bertz CT molecular complexity index is 275. The molecule has 1 rings (SSSR count). The first-order chi connectivity index (χ1) is 6.15. The molecule has 0 bridgehead atoms. The Morgan fingerprint density at radius 3 is 2.62 bits per heavy atom. The SMILES string of the molecule is CNC(C)C(F)c1cccc(F)c1. The van der Waals surface area contributed by atoms with Crippen LogP contribution in [0.4, 0.5) is 8.78 Å². The lowest BCUT2D eigenvalue weighted by atomic mass is 10.1. The molecule has 13 heavy (non-hydrogen) atoms. The number of rotatable bonds is 3. The van der Waals surface area contributed by atoms with Gasteiger partial charge in [-0.15, -0.1) is 0 Å². The fourth-order valence-corrected chi connectivity index (χ4v) is 1.11. The number of halogens is 2. The molecule has 0 spiro atoms. The van der Waals surface area contributed by atoms with Gasteiger partial charge < -0.3 is 5.32 Å². The molecular formula is C10H13F2N. The average molecular weight is 185 g/mol. The fraction of sp³-hybridized carbons (Fsp3) is 0.400. The minimum Gasteiger partial charge on any atom is -0.314 e. The summed E-state index contributed by atoms with van der Waals surface area (Å²) in [4.78, 5) is 0. The lowest BCUT2D eigenvalue weighted by Crippen LogP contribution is -2.26. The highest BCUT2D eigenvalue weighted by Gasteiger charge is 2.16. The summed E-state index contributed by atoms with van der Waals surface area (Å²) in [7, 11) is 1.68. The molecule has 0 radical (unpaired) electrons. The largest absolute Gasteiger partial charge is 0.314 e. The van der Waals surface area contributed by atoms with Crippen LogP contribution in [0.25, 0.3) is 0 Å². The Balaban J connectivity index is 2.82. The summed E-state index contributed by atoms with van der Waals surface area (Å²) in [5, 5.41) is 2.79. The number of likely N-dealkylation sites (N-methyl/N-ethyl adjacent to an activating group) is 1. The Morgan fingerprint density at radius 2 is 2.08 bits per heavy atom. The van der Waals surface area contributed by atoms with E-state index in [2.05, 4.69) is 5.32 Å². The van der Waals surface area contributed by atoms with Crippen LogP contribution in [0.1, 0.15) is 18.7 Å². The molecular weight excluding hydrogens is 172 g/mol. The Morgan fingerprint density at radius 1 is 1.38 bits per heavy atom. The molecule has 0 saturated carbocycles. The molecule has 1 nitrogen and oxygen atoms in total. The second-order valence-corrected chi connectivity index (χ2v) is 3.03. The second kappa shape index (κ2) is 4.33. The van der Waals surface area contributed by atoms with E-state index in [4.69, 9.17) is 0 Å². The maximum atomic E-state index is 13.5. The fourth-order valence-electron chi connectivity index (χ4n) is 1.11. The van der Waals surface area contributed by atoms with Gasteiger partial charge in [0, 0.05) is 6.04 Å². The molecule has 72 valence electrons. The molecule has 0 fully saturated rings. The van der Waals surface area contributed by atoms with Gasteiger partial charge in [0.1, 0.15) is 12.0 Å². The molecule has 1 aromatic carbocycles. The zero-order valence-electron chi connectivity index (χ0n) is 7.72. The molecule has 1 aromatic rings. The first kappa shape index (κ1) is 10.1. The van der Waals surface area contributed by atoms with Crippen molar-refractivity contribution in [1.29, 1.82) is 0 Å². The number of hydrogen-bond donors (Lipinski definition) is 1. The number of benzene rings is 1. The van der Waals surface area contributed by atoms with Gasteiger partial charge in [0.25, 0.3) is 0 Å². The molecule has 0 saturated heterocycles. The van der Waals surface area contributed by atoms with Crippen molar-refractivity contribution in [2.45, 2.75) is 19.1 Å². The van der Waals surface area contributed by atoms with Crippen molar-refractivity contribution in [2.24, 2.45) is 0 Å². The van der Waals surface area contributed by atoms with Crippen LogP contribution in [0.5, 0.6) is 0 Å². The number of alkyl halides is 1. The molecule has 0 aliphatic rings. The molecule has 0 amide bonds. The van der Waals surface area contributed by atoms with Crippen molar-refractivity contribution in [3.63, 3.8) is 0 Å². The van der Waals surface area contributed by atoms with Gasteiger partial charge in [0.2, 0.25) is 0 Å². The van der Waals surface area contributed by atoms with Crippen molar-refractivity contribution in [3.8, 4) is 0 Å². The van der Waals surface area contributed by atoms with Crippen LogP contribution < -0.4 is 5.32 Å². The van der Waals surface area contributed by atoms with E-state index in [-0.39, 0.29) is 6.04 Å². The Kier molecular flexibility index (Phi) is 3.37. The topological polar surface area (TPSA) is 12.0 Å². The van der Waals surface area contributed by atoms with Crippen LogP contribution >= 0.6 is 0 Å². The highest BCUT2D eigenvalue weighted by molar-refractivity contribution is 5.19. The van der Waals surface area contributed by atoms with Crippen LogP contribution in [-0.2, 0) is 0 Å². The van der Waals surface area contributed by atoms with Crippen molar-refractivity contribution < 1.29 is 8.78 Å². The van der Waals surface area contributed by atoms with Crippen molar-refractivity contribution in [2.75, 3.05) is 7.05 Å². The molecule has 0 heterocycles.